The zero-order valence-electron chi connectivity index (χ0n) is 20.6. The Hall–Kier alpha value is -3.72. The van der Waals surface area contributed by atoms with E-state index in [0.29, 0.717) is 0 Å². The molecule has 0 unspecified atom stereocenters. The second-order valence-electron chi connectivity index (χ2n) is 8.79. The van der Waals surface area contributed by atoms with Crippen molar-refractivity contribution in [2.24, 2.45) is 5.92 Å². The molecule has 2 N–H and O–H groups in total. The molecule has 8 nitrogen and oxygen atoms in total. The molecule has 37 heavy (non-hydrogen) atoms. The van der Waals surface area contributed by atoms with Gasteiger partial charge in [0, 0.05) is 0 Å². The number of ether oxygens (including phenoxy) is 4. The number of carbonyl (C=O) groups excluding carboxylic acids is 2. The van der Waals surface area contributed by atoms with E-state index in [2.05, 4.69) is 5.32 Å². The monoisotopic (exact) mass is 505 g/mol. The van der Waals surface area contributed by atoms with Crippen molar-refractivity contribution in [2.75, 3.05) is 7.11 Å². The fourth-order valence-corrected chi connectivity index (χ4v) is 4.45. The summed E-state index contributed by atoms with van der Waals surface area (Å²) in [7, 11) is 1.26. The maximum Gasteiger partial charge on any atom is 0.407 e. The van der Waals surface area contributed by atoms with E-state index in [1.54, 1.807) is 0 Å². The fourth-order valence-electron chi connectivity index (χ4n) is 4.45. The third-order valence-electron chi connectivity index (χ3n) is 6.31. The maximum atomic E-state index is 12.9. The fraction of sp³-hybridized carbons (Fsp3) is 0.310. The van der Waals surface area contributed by atoms with Crippen molar-refractivity contribution in [1.82, 2.24) is 5.32 Å². The molecule has 1 saturated carbocycles. The average molecular weight is 506 g/mol. The van der Waals surface area contributed by atoms with E-state index in [9.17, 15) is 14.7 Å². The molecule has 8 heteroatoms. The van der Waals surface area contributed by atoms with Gasteiger partial charge in [-0.25, -0.2) is 4.79 Å². The van der Waals surface area contributed by atoms with Crippen molar-refractivity contribution in [3.05, 3.63) is 108 Å². The lowest BCUT2D eigenvalue weighted by Gasteiger charge is -2.25. The van der Waals surface area contributed by atoms with Crippen LogP contribution < -0.4 is 5.32 Å². The summed E-state index contributed by atoms with van der Waals surface area (Å²) in [6.07, 6.45) is -3.88. The first kappa shape index (κ1) is 26.3. The summed E-state index contributed by atoms with van der Waals surface area (Å²) in [6, 6.07) is 27.1. The second-order valence-corrected chi connectivity index (χ2v) is 8.79. The Morgan fingerprint density at radius 3 is 1.68 bits per heavy atom. The lowest BCUT2D eigenvalue weighted by atomic mass is 10.0. The Labute approximate surface area is 216 Å². The van der Waals surface area contributed by atoms with Gasteiger partial charge in [0.05, 0.1) is 26.4 Å². The van der Waals surface area contributed by atoms with Crippen LogP contribution in [-0.2, 0) is 43.6 Å². The van der Waals surface area contributed by atoms with E-state index in [1.807, 2.05) is 91.0 Å². The minimum Gasteiger partial charge on any atom is -0.469 e. The molecule has 0 aromatic heterocycles. The van der Waals surface area contributed by atoms with E-state index in [-0.39, 0.29) is 19.8 Å². The van der Waals surface area contributed by atoms with Gasteiger partial charge in [0.1, 0.15) is 30.8 Å². The first-order valence-corrected chi connectivity index (χ1v) is 12.1. The van der Waals surface area contributed by atoms with Gasteiger partial charge in [-0.2, -0.15) is 0 Å². The van der Waals surface area contributed by atoms with Crippen molar-refractivity contribution >= 4 is 12.1 Å². The molecule has 1 aliphatic carbocycles. The smallest absolute Gasteiger partial charge is 0.407 e. The number of methoxy groups -OCH3 is 1. The molecule has 3 aromatic carbocycles. The van der Waals surface area contributed by atoms with Crippen LogP contribution in [-0.4, -0.2) is 48.6 Å². The van der Waals surface area contributed by atoms with Gasteiger partial charge in [-0.15, -0.1) is 0 Å². The third kappa shape index (κ3) is 6.95. The Morgan fingerprint density at radius 1 is 0.730 bits per heavy atom. The van der Waals surface area contributed by atoms with E-state index in [4.69, 9.17) is 18.9 Å². The van der Waals surface area contributed by atoms with Crippen molar-refractivity contribution in [1.29, 1.82) is 0 Å². The number of rotatable bonds is 10. The molecule has 0 radical (unpaired) electrons. The van der Waals surface area contributed by atoms with Crippen LogP contribution in [0.4, 0.5) is 4.79 Å². The third-order valence-corrected chi connectivity index (χ3v) is 6.31. The Balaban J connectivity index is 1.53. The lowest BCUT2D eigenvalue weighted by Crippen LogP contribution is -2.49. The summed E-state index contributed by atoms with van der Waals surface area (Å²) in [5.41, 5.74) is 2.57. The summed E-state index contributed by atoms with van der Waals surface area (Å²) < 4.78 is 22.5. The number of nitrogens with one attached hydrogen (secondary N) is 1. The summed E-state index contributed by atoms with van der Waals surface area (Å²) in [4.78, 5) is 25.7. The number of carbonyl (C=O) groups is 2. The van der Waals surface area contributed by atoms with Gasteiger partial charge in [0.15, 0.2) is 0 Å². The van der Waals surface area contributed by atoms with Crippen molar-refractivity contribution in [3.8, 4) is 0 Å². The molecule has 1 amide bonds. The number of benzene rings is 3. The van der Waals surface area contributed by atoms with Crippen LogP contribution in [0.2, 0.25) is 0 Å². The molecule has 1 fully saturated rings. The quantitative estimate of drug-likeness (QED) is 0.406. The number of hydrogen-bond donors (Lipinski definition) is 2. The van der Waals surface area contributed by atoms with Crippen LogP contribution in [0.15, 0.2) is 91.0 Å². The van der Waals surface area contributed by atoms with Gasteiger partial charge >= 0.3 is 12.1 Å². The first-order chi connectivity index (χ1) is 18.1. The highest BCUT2D eigenvalue weighted by atomic mass is 16.6. The average Bonchev–Trinajstić information content (AvgIpc) is 3.20. The molecule has 0 aliphatic heterocycles. The first-order valence-electron chi connectivity index (χ1n) is 12.1. The predicted octanol–water partition coefficient (Wildman–Crippen LogP) is 3.62. The maximum absolute atomic E-state index is 12.9. The Kier molecular flexibility index (Phi) is 9.26. The predicted molar refractivity (Wildman–Crippen MR) is 135 cm³/mol. The van der Waals surface area contributed by atoms with Gasteiger partial charge in [0.25, 0.3) is 0 Å². The molecule has 1 aliphatic rings. The van der Waals surface area contributed by atoms with Gasteiger partial charge in [-0.3, -0.25) is 4.79 Å². The molecule has 4 rings (SSSR count). The minimum atomic E-state index is -1.21. The number of aliphatic hydroxyl groups is 1. The van der Waals surface area contributed by atoms with Crippen molar-refractivity contribution < 1.29 is 33.6 Å². The Bertz CT molecular complexity index is 1130. The van der Waals surface area contributed by atoms with Crippen LogP contribution in [0.3, 0.4) is 0 Å². The van der Waals surface area contributed by atoms with Crippen LogP contribution >= 0.6 is 0 Å². The number of hydrogen-bond acceptors (Lipinski definition) is 7. The van der Waals surface area contributed by atoms with E-state index in [0.717, 1.165) is 16.7 Å². The highest BCUT2D eigenvalue weighted by molar-refractivity contribution is 5.77. The number of amides is 1. The molecule has 0 heterocycles. The molecule has 0 bridgehead atoms. The van der Waals surface area contributed by atoms with E-state index in [1.165, 1.54) is 7.11 Å². The summed E-state index contributed by atoms with van der Waals surface area (Å²) >= 11 is 0. The summed E-state index contributed by atoms with van der Waals surface area (Å²) in [5.74, 6) is -1.65. The second kappa shape index (κ2) is 13.0. The summed E-state index contributed by atoms with van der Waals surface area (Å²) in [5, 5.41) is 14.0. The molecular weight excluding hydrogens is 474 g/mol. The van der Waals surface area contributed by atoms with Crippen LogP contribution in [0.1, 0.15) is 16.7 Å². The minimum absolute atomic E-state index is 0.0499. The molecule has 3 aromatic rings. The summed E-state index contributed by atoms with van der Waals surface area (Å²) in [6.45, 7) is 0.375. The number of alkyl carbamates (subject to hydrolysis) is 1. The SMILES string of the molecule is COC(=O)[C@H]1[C@H](NC(=O)OCc2ccccc2)[C@@H](OCc2ccccc2)[C@@H](O)[C@@H]1OCc1ccccc1. The van der Waals surface area contributed by atoms with Gasteiger partial charge in [-0.05, 0) is 16.7 Å². The highest BCUT2D eigenvalue weighted by Crippen LogP contribution is 2.34. The normalized spacial score (nSPS) is 22.8. The molecule has 5 atom stereocenters. The van der Waals surface area contributed by atoms with Crippen LogP contribution in [0.5, 0.6) is 0 Å². The van der Waals surface area contributed by atoms with Gasteiger partial charge in [0.2, 0.25) is 0 Å². The lowest BCUT2D eigenvalue weighted by molar-refractivity contribution is -0.153. The Morgan fingerprint density at radius 2 is 1.19 bits per heavy atom. The largest absolute Gasteiger partial charge is 0.469 e. The van der Waals surface area contributed by atoms with Crippen LogP contribution in [0.25, 0.3) is 0 Å². The molecule has 0 saturated heterocycles. The molecule has 0 spiro atoms. The van der Waals surface area contributed by atoms with Crippen LogP contribution in [0, 0.1) is 5.92 Å². The van der Waals surface area contributed by atoms with Gasteiger partial charge in [-0.1, -0.05) is 91.0 Å². The topological polar surface area (TPSA) is 103 Å². The zero-order valence-corrected chi connectivity index (χ0v) is 20.6. The standard InChI is InChI=1S/C29H31NO7/c1-34-28(32)23-24(30-29(33)37-19-22-15-9-4-10-16-22)27(36-18-21-13-7-3-8-14-21)25(31)26(23)35-17-20-11-5-2-6-12-20/h2-16,23-27,31H,17-19H2,1H3,(H,30,33)/t23-,24-,25-,26+,27+/m0/s1. The van der Waals surface area contributed by atoms with E-state index >= 15 is 0 Å². The molecular formula is C29H31NO7. The highest BCUT2D eigenvalue weighted by Gasteiger charge is 2.56. The number of aliphatic hydroxyl groups excluding tert-OH is 1. The number of esters is 1. The van der Waals surface area contributed by atoms with Gasteiger partial charge < -0.3 is 29.4 Å². The van der Waals surface area contributed by atoms with Crippen molar-refractivity contribution in [3.63, 3.8) is 0 Å². The van der Waals surface area contributed by atoms with Crippen molar-refractivity contribution in [2.45, 2.75) is 44.2 Å². The zero-order chi connectivity index (χ0) is 26.0. The van der Waals surface area contributed by atoms with E-state index < -0.39 is 42.3 Å². The molecule has 194 valence electrons.